The summed E-state index contributed by atoms with van der Waals surface area (Å²) >= 11 is 0. The molecule has 1 unspecified atom stereocenters. The average molecular weight is 199 g/mol. The van der Waals surface area contributed by atoms with Gasteiger partial charge in [0.1, 0.15) is 7.85 Å². The van der Waals surface area contributed by atoms with Crippen LogP contribution in [0.4, 0.5) is 0 Å². The smallest absolute Gasteiger partial charge is 0.111 e. The van der Waals surface area contributed by atoms with Gasteiger partial charge in [-0.25, -0.2) is 0 Å². The van der Waals surface area contributed by atoms with Gasteiger partial charge in [-0.2, -0.15) is 0 Å². The molecule has 1 N–H and O–H groups in total. The number of ether oxygens (including phenoxy) is 3. The fourth-order valence-corrected chi connectivity index (χ4v) is 1.57. The fourth-order valence-electron chi connectivity index (χ4n) is 1.57. The Labute approximate surface area is 86.7 Å². The Balaban J connectivity index is 2.19. The molecule has 0 aromatic carbocycles. The zero-order valence-electron chi connectivity index (χ0n) is 8.86. The molecule has 14 heavy (non-hydrogen) atoms. The van der Waals surface area contributed by atoms with Gasteiger partial charge in [0.15, 0.2) is 0 Å². The van der Waals surface area contributed by atoms with Crippen LogP contribution in [0.1, 0.15) is 6.42 Å². The van der Waals surface area contributed by atoms with E-state index < -0.39 is 0 Å². The van der Waals surface area contributed by atoms with Crippen molar-refractivity contribution in [1.82, 2.24) is 5.32 Å². The largest absolute Gasteiger partial charge is 0.385 e. The lowest BCUT2D eigenvalue weighted by atomic mass is 9.91. The number of methoxy groups -OCH3 is 2. The molecule has 1 saturated heterocycles. The first kappa shape index (κ1) is 12.0. The van der Waals surface area contributed by atoms with Crippen LogP contribution >= 0.6 is 0 Å². The molecule has 1 rings (SSSR count). The number of hydrogen-bond acceptors (Lipinski definition) is 4. The highest BCUT2D eigenvalue weighted by Crippen LogP contribution is 2.14. The van der Waals surface area contributed by atoms with E-state index in [1.807, 2.05) is 0 Å². The molecule has 0 amide bonds. The summed E-state index contributed by atoms with van der Waals surface area (Å²) < 4.78 is 15.5. The Bertz CT molecular complexity index is 159. The first-order chi connectivity index (χ1) is 6.79. The molecule has 2 radical (unpaired) electrons. The molecular weight excluding hydrogens is 181 g/mol. The van der Waals surface area contributed by atoms with Gasteiger partial charge in [-0.15, -0.1) is 0 Å². The summed E-state index contributed by atoms with van der Waals surface area (Å²) in [7, 11) is 9.14. The number of hydrogen-bond donors (Lipinski definition) is 1. The maximum Gasteiger partial charge on any atom is 0.111 e. The summed E-state index contributed by atoms with van der Waals surface area (Å²) in [6.45, 7) is 2.20. The quantitative estimate of drug-likeness (QED) is 0.463. The van der Waals surface area contributed by atoms with E-state index in [1.54, 1.807) is 14.2 Å². The maximum absolute atomic E-state index is 5.76. The van der Waals surface area contributed by atoms with Crippen LogP contribution in [-0.4, -0.2) is 60.0 Å². The molecule has 1 aliphatic heterocycles. The van der Waals surface area contributed by atoms with Crippen LogP contribution < -0.4 is 5.32 Å². The lowest BCUT2D eigenvalue weighted by Crippen LogP contribution is -2.45. The van der Waals surface area contributed by atoms with Crippen molar-refractivity contribution < 1.29 is 14.2 Å². The van der Waals surface area contributed by atoms with Crippen LogP contribution in [0.3, 0.4) is 0 Å². The lowest BCUT2D eigenvalue weighted by molar-refractivity contribution is 0.0719. The molecule has 1 heterocycles. The van der Waals surface area contributed by atoms with E-state index in [0.29, 0.717) is 6.61 Å². The summed E-state index contributed by atoms with van der Waals surface area (Å²) in [5, 5.41) is 3.31. The Morgan fingerprint density at radius 1 is 1.50 bits per heavy atom. The number of nitrogens with one attached hydrogen (secondary N) is 1. The third-order valence-electron chi connectivity index (χ3n) is 2.42. The highest BCUT2D eigenvalue weighted by molar-refractivity contribution is 6.11. The number of rotatable bonds is 6. The van der Waals surface area contributed by atoms with E-state index >= 15 is 0 Å². The summed E-state index contributed by atoms with van der Waals surface area (Å²) in [6.07, 6.45) is 1.03. The molecule has 0 aromatic rings. The summed E-state index contributed by atoms with van der Waals surface area (Å²) in [6, 6.07) is -0.167. The molecule has 1 aliphatic rings. The molecule has 80 valence electrons. The Morgan fingerprint density at radius 2 is 2.29 bits per heavy atom. The topological polar surface area (TPSA) is 39.7 Å². The van der Waals surface area contributed by atoms with Crippen LogP contribution in [-0.2, 0) is 14.2 Å². The van der Waals surface area contributed by atoms with Crippen molar-refractivity contribution in [2.75, 3.05) is 34.0 Å². The second-order valence-corrected chi connectivity index (χ2v) is 3.40. The average Bonchev–Trinajstić information content (AvgIpc) is 2.55. The van der Waals surface area contributed by atoms with E-state index in [9.17, 15) is 0 Å². The molecule has 4 nitrogen and oxygen atoms in total. The second-order valence-electron chi connectivity index (χ2n) is 3.40. The Hall–Kier alpha value is -0.0951. The van der Waals surface area contributed by atoms with Gasteiger partial charge in [0.05, 0.1) is 18.8 Å². The fraction of sp³-hybridized carbons (Fsp3) is 1.00. The van der Waals surface area contributed by atoms with Crippen LogP contribution in [0.5, 0.6) is 0 Å². The van der Waals surface area contributed by atoms with Gasteiger partial charge in [-0.05, 0) is 13.0 Å². The van der Waals surface area contributed by atoms with Crippen molar-refractivity contribution in [3.05, 3.63) is 0 Å². The molecule has 0 aromatic heterocycles. The third-order valence-corrected chi connectivity index (χ3v) is 2.42. The first-order valence-corrected chi connectivity index (χ1v) is 4.92. The predicted molar refractivity (Wildman–Crippen MR) is 54.6 cm³/mol. The SMILES string of the molecule is [B][C@@H]1OC[C@H](OC)C1NCCCOC. The zero-order valence-corrected chi connectivity index (χ0v) is 8.86. The van der Waals surface area contributed by atoms with Gasteiger partial charge >= 0.3 is 0 Å². The van der Waals surface area contributed by atoms with Gasteiger partial charge in [-0.1, -0.05) is 0 Å². The van der Waals surface area contributed by atoms with Gasteiger partial charge in [0.25, 0.3) is 0 Å². The molecule has 3 atom stereocenters. The molecular formula is C9H18BNO3. The predicted octanol–water partition coefficient (Wildman–Crippen LogP) is -0.479. The standard InChI is InChI=1S/C9H18BNO3/c1-12-5-3-4-11-8-7(13-2)6-14-9(8)10/h7-9,11H,3-6H2,1-2H3/t7-,8?,9+/m0/s1. The van der Waals surface area contributed by atoms with Crippen LogP contribution in [0.25, 0.3) is 0 Å². The van der Waals surface area contributed by atoms with Gasteiger partial charge in [-0.3, -0.25) is 0 Å². The van der Waals surface area contributed by atoms with E-state index in [4.69, 9.17) is 22.1 Å². The lowest BCUT2D eigenvalue weighted by Gasteiger charge is -2.21. The zero-order chi connectivity index (χ0) is 10.4. The van der Waals surface area contributed by atoms with Crippen molar-refractivity contribution in [2.24, 2.45) is 0 Å². The monoisotopic (exact) mass is 199 g/mol. The molecule has 0 aliphatic carbocycles. The van der Waals surface area contributed by atoms with Crippen LogP contribution in [0.2, 0.25) is 0 Å². The molecule has 5 heteroatoms. The van der Waals surface area contributed by atoms with Gasteiger partial charge in [0, 0.05) is 26.8 Å². The van der Waals surface area contributed by atoms with E-state index in [2.05, 4.69) is 5.32 Å². The van der Waals surface area contributed by atoms with E-state index in [1.165, 1.54) is 0 Å². The third kappa shape index (κ3) is 3.24. The first-order valence-electron chi connectivity index (χ1n) is 4.92. The Morgan fingerprint density at radius 3 is 2.93 bits per heavy atom. The molecule has 0 spiro atoms. The summed E-state index contributed by atoms with van der Waals surface area (Å²) in [5.74, 6) is 0. The van der Waals surface area contributed by atoms with Crippen molar-refractivity contribution in [1.29, 1.82) is 0 Å². The minimum Gasteiger partial charge on any atom is -0.385 e. The highest BCUT2D eigenvalue weighted by Gasteiger charge is 2.33. The molecule has 1 fully saturated rings. The van der Waals surface area contributed by atoms with E-state index in [0.717, 1.165) is 19.6 Å². The van der Waals surface area contributed by atoms with Crippen molar-refractivity contribution in [3.8, 4) is 0 Å². The Kier molecular flexibility index (Phi) is 5.48. The van der Waals surface area contributed by atoms with Crippen molar-refractivity contribution >= 4 is 7.85 Å². The second kappa shape index (κ2) is 6.40. The van der Waals surface area contributed by atoms with Gasteiger partial charge in [0.2, 0.25) is 0 Å². The maximum atomic E-state index is 5.76. The van der Waals surface area contributed by atoms with Crippen molar-refractivity contribution in [2.45, 2.75) is 24.6 Å². The van der Waals surface area contributed by atoms with Crippen LogP contribution in [0.15, 0.2) is 0 Å². The minimum absolute atomic E-state index is 0.0625. The minimum atomic E-state index is -0.262. The summed E-state index contributed by atoms with van der Waals surface area (Å²) in [5.41, 5.74) is 0. The van der Waals surface area contributed by atoms with E-state index in [-0.39, 0.29) is 18.1 Å². The normalized spacial score (nSPS) is 32.3. The highest BCUT2D eigenvalue weighted by atomic mass is 16.5. The van der Waals surface area contributed by atoms with Gasteiger partial charge < -0.3 is 19.5 Å². The van der Waals surface area contributed by atoms with Crippen LogP contribution in [0, 0.1) is 0 Å². The van der Waals surface area contributed by atoms with Crippen molar-refractivity contribution in [3.63, 3.8) is 0 Å². The summed E-state index contributed by atoms with van der Waals surface area (Å²) in [4.78, 5) is 0. The molecule has 0 saturated carbocycles. The molecule has 0 bridgehead atoms.